The van der Waals surface area contributed by atoms with Gasteiger partial charge < -0.3 is 5.32 Å². The number of amides is 1. The highest BCUT2D eigenvalue weighted by Crippen LogP contribution is 2.20. The Labute approximate surface area is 161 Å². The quantitative estimate of drug-likeness (QED) is 0.788. The molecule has 6 nitrogen and oxygen atoms in total. The smallest absolute Gasteiger partial charge is 0.253 e. The van der Waals surface area contributed by atoms with Gasteiger partial charge in [0, 0.05) is 18.8 Å². The van der Waals surface area contributed by atoms with E-state index in [9.17, 15) is 13.2 Å². The second kappa shape index (κ2) is 8.63. The summed E-state index contributed by atoms with van der Waals surface area (Å²) in [4.78, 5) is 17.1. The molecule has 0 aliphatic heterocycles. The predicted molar refractivity (Wildman–Crippen MR) is 106 cm³/mol. The fraction of sp³-hybridized carbons (Fsp3) is 0.400. The molecule has 0 bridgehead atoms. The van der Waals surface area contributed by atoms with Crippen LogP contribution in [0, 0.1) is 13.8 Å². The molecule has 0 saturated carbocycles. The van der Waals surface area contributed by atoms with Crippen LogP contribution in [0.4, 0.5) is 0 Å². The van der Waals surface area contributed by atoms with Crippen LogP contribution in [0.25, 0.3) is 0 Å². The number of nitrogens with one attached hydrogen (secondary N) is 1. The average molecular weight is 390 g/mol. The molecule has 7 heteroatoms. The molecular weight excluding hydrogens is 362 g/mol. The summed E-state index contributed by atoms with van der Waals surface area (Å²) in [5, 5.41) is 2.94. The van der Waals surface area contributed by atoms with Gasteiger partial charge in [-0.1, -0.05) is 26.0 Å². The summed E-state index contributed by atoms with van der Waals surface area (Å²) in [5.41, 5.74) is 2.91. The molecule has 0 aliphatic rings. The number of aromatic nitrogens is 1. The molecule has 1 N–H and O–H groups in total. The summed E-state index contributed by atoms with van der Waals surface area (Å²) in [7, 11) is -3.48. The first-order valence-corrected chi connectivity index (χ1v) is 10.5. The van der Waals surface area contributed by atoms with E-state index in [1.807, 2.05) is 27.7 Å². The summed E-state index contributed by atoms with van der Waals surface area (Å²) >= 11 is 0. The van der Waals surface area contributed by atoms with E-state index in [4.69, 9.17) is 0 Å². The lowest BCUT2D eigenvalue weighted by molar-refractivity contribution is 0.0939. The van der Waals surface area contributed by atoms with Crippen molar-refractivity contribution in [2.75, 3.05) is 13.1 Å². The topological polar surface area (TPSA) is 79.4 Å². The van der Waals surface area contributed by atoms with Gasteiger partial charge >= 0.3 is 0 Å². The lowest BCUT2D eigenvalue weighted by atomic mass is 10.1. The summed E-state index contributed by atoms with van der Waals surface area (Å²) in [6, 6.07) is 9.96. The molecular formula is C20H27N3O3S. The lowest BCUT2D eigenvalue weighted by Gasteiger charge is -2.19. The summed E-state index contributed by atoms with van der Waals surface area (Å²) in [6.07, 6.45) is 0. The third kappa shape index (κ3) is 4.73. The molecule has 1 heterocycles. The minimum Gasteiger partial charge on any atom is -0.345 e. The number of sulfonamides is 1. The Kier molecular flexibility index (Phi) is 6.73. The van der Waals surface area contributed by atoms with Crippen LogP contribution in [-0.4, -0.2) is 36.7 Å². The number of benzene rings is 1. The van der Waals surface area contributed by atoms with Crippen molar-refractivity contribution < 1.29 is 13.2 Å². The average Bonchev–Trinajstić information content (AvgIpc) is 2.62. The van der Waals surface area contributed by atoms with Gasteiger partial charge in [0.05, 0.1) is 22.2 Å². The fourth-order valence-corrected chi connectivity index (χ4v) is 4.38. The maximum absolute atomic E-state index is 12.6. The second-order valence-corrected chi connectivity index (χ2v) is 8.38. The van der Waals surface area contributed by atoms with Crippen LogP contribution in [-0.2, 0) is 10.0 Å². The van der Waals surface area contributed by atoms with Crippen LogP contribution in [0.2, 0.25) is 0 Å². The van der Waals surface area contributed by atoms with Crippen LogP contribution >= 0.6 is 0 Å². The van der Waals surface area contributed by atoms with Crippen LogP contribution in [0.3, 0.4) is 0 Å². The molecule has 1 atom stereocenters. The zero-order chi connectivity index (χ0) is 20.2. The Balaban J connectivity index is 2.16. The van der Waals surface area contributed by atoms with E-state index in [2.05, 4.69) is 10.3 Å². The van der Waals surface area contributed by atoms with Gasteiger partial charge in [-0.3, -0.25) is 9.78 Å². The molecule has 146 valence electrons. The first-order chi connectivity index (χ1) is 12.7. The maximum Gasteiger partial charge on any atom is 0.253 e. The van der Waals surface area contributed by atoms with Crippen molar-refractivity contribution >= 4 is 15.9 Å². The number of rotatable bonds is 7. The minimum atomic E-state index is -3.48. The lowest BCUT2D eigenvalue weighted by Crippen LogP contribution is -2.30. The normalized spacial score (nSPS) is 12.8. The molecule has 1 aromatic carbocycles. The van der Waals surface area contributed by atoms with E-state index in [0.29, 0.717) is 24.3 Å². The van der Waals surface area contributed by atoms with Crippen LogP contribution in [0.5, 0.6) is 0 Å². The molecule has 0 radical (unpaired) electrons. The largest absolute Gasteiger partial charge is 0.345 e. The van der Waals surface area contributed by atoms with Crippen molar-refractivity contribution in [1.29, 1.82) is 0 Å². The molecule has 0 saturated heterocycles. The number of nitrogens with zero attached hydrogens (tertiary/aromatic N) is 2. The summed E-state index contributed by atoms with van der Waals surface area (Å²) in [5.74, 6) is -0.202. The van der Waals surface area contributed by atoms with Gasteiger partial charge in [-0.05, 0) is 50.6 Å². The van der Waals surface area contributed by atoms with Gasteiger partial charge in [0.15, 0.2) is 0 Å². The fourth-order valence-electron chi connectivity index (χ4n) is 2.93. The Morgan fingerprint density at radius 2 is 1.67 bits per heavy atom. The molecule has 1 aromatic heterocycles. The van der Waals surface area contributed by atoms with E-state index >= 15 is 0 Å². The van der Waals surface area contributed by atoms with Gasteiger partial charge in [-0.15, -0.1) is 0 Å². The number of hydrogen-bond acceptors (Lipinski definition) is 4. The second-order valence-electron chi connectivity index (χ2n) is 6.44. The van der Waals surface area contributed by atoms with E-state index in [-0.39, 0.29) is 16.8 Å². The molecule has 1 unspecified atom stereocenters. The van der Waals surface area contributed by atoms with Gasteiger partial charge in [-0.2, -0.15) is 4.31 Å². The molecule has 0 spiro atoms. The molecule has 27 heavy (non-hydrogen) atoms. The standard InChI is InChI=1S/C20H27N3O3S/c1-6-23(7-2)27(25,26)18-11-9-17(10-12-18)15(4)22-20(24)19-13-8-14(3)21-16(19)5/h8-13,15H,6-7H2,1-5H3,(H,22,24). The third-order valence-corrected chi connectivity index (χ3v) is 6.60. The van der Waals surface area contributed by atoms with Crippen molar-refractivity contribution in [3.05, 3.63) is 58.9 Å². The van der Waals surface area contributed by atoms with Gasteiger partial charge in [0.25, 0.3) is 5.91 Å². The molecule has 1 amide bonds. The SMILES string of the molecule is CCN(CC)S(=O)(=O)c1ccc(C(C)NC(=O)c2ccc(C)nc2C)cc1. The molecule has 2 rings (SSSR count). The highest BCUT2D eigenvalue weighted by Gasteiger charge is 2.22. The zero-order valence-electron chi connectivity index (χ0n) is 16.5. The Morgan fingerprint density at radius 1 is 1.07 bits per heavy atom. The van der Waals surface area contributed by atoms with Crippen molar-refractivity contribution in [3.63, 3.8) is 0 Å². The van der Waals surface area contributed by atoms with Gasteiger partial charge in [0.1, 0.15) is 0 Å². The molecule has 0 fully saturated rings. The third-order valence-electron chi connectivity index (χ3n) is 4.54. The molecule has 0 aliphatic carbocycles. The summed E-state index contributed by atoms with van der Waals surface area (Å²) < 4.78 is 26.5. The minimum absolute atomic E-state index is 0.202. The monoisotopic (exact) mass is 389 g/mol. The maximum atomic E-state index is 12.6. The van der Waals surface area contributed by atoms with Crippen molar-refractivity contribution in [2.45, 2.75) is 45.6 Å². The van der Waals surface area contributed by atoms with E-state index in [0.717, 1.165) is 11.3 Å². The molecule has 2 aromatic rings. The predicted octanol–water partition coefficient (Wildman–Crippen LogP) is 3.22. The number of pyridine rings is 1. The highest BCUT2D eigenvalue weighted by molar-refractivity contribution is 7.89. The van der Waals surface area contributed by atoms with Crippen LogP contribution in [0.15, 0.2) is 41.3 Å². The van der Waals surface area contributed by atoms with E-state index < -0.39 is 10.0 Å². The number of carbonyl (C=O) groups excluding carboxylic acids is 1. The van der Waals surface area contributed by atoms with Crippen molar-refractivity contribution in [1.82, 2.24) is 14.6 Å². The Hall–Kier alpha value is -2.25. The van der Waals surface area contributed by atoms with E-state index in [1.54, 1.807) is 43.3 Å². The van der Waals surface area contributed by atoms with Crippen LogP contribution in [0.1, 0.15) is 54.1 Å². The van der Waals surface area contributed by atoms with Crippen molar-refractivity contribution in [2.24, 2.45) is 0 Å². The van der Waals surface area contributed by atoms with Crippen molar-refractivity contribution in [3.8, 4) is 0 Å². The first-order valence-electron chi connectivity index (χ1n) is 9.05. The number of aryl methyl sites for hydroxylation is 2. The highest BCUT2D eigenvalue weighted by atomic mass is 32.2. The number of hydrogen-bond donors (Lipinski definition) is 1. The first kappa shape index (κ1) is 21.1. The number of carbonyl (C=O) groups is 1. The zero-order valence-corrected chi connectivity index (χ0v) is 17.3. The van der Waals surface area contributed by atoms with Crippen LogP contribution < -0.4 is 5.32 Å². The van der Waals surface area contributed by atoms with E-state index in [1.165, 1.54) is 4.31 Å². The Morgan fingerprint density at radius 3 is 2.19 bits per heavy atom. The van der Waals surface area contributed by atoms with Gasteiger partial charge in [-0.25, -0.2) is 8.42 Å². The summed E-state index contributed by atoms with van der Waals surface area (Å²) in [6.45, 7) is 10.0. The Bertz CT molecular complexity index is 905. The van der Waals surface area contributed by atoms with Gasteiger partial charge in [0.2, 0.25) is 10.0 Å².